The van der Waals surface area contributed by atoms with Crippen LogP contribution in [0.5, 0.6) is 0 Å². The van der Waals surface area contributed by atoms with Gasteiger partial charge in [0.25, 0.3) is 0 Å². The third-order valence-corrected chi connectivity index (χ3v) is 5.89. The van der Waals surface area contributed by atoms with Gasteiger partial charge in [0, 0.05) is 46.4 Å². The van der Waals surface area contributed by atoms with E-state index in [1.807, 2.05) is 41.5 Å². The number of carbonyl (C=O) groups excluding carboxylic acids is 2. The van der Waals surface area contributed by atoms with E-state index in [0.29, 0.717) is 138 Å². The Labute approximate surface area is 288 Å². The first-order valence-corrected chi connectivity index (χ1v) is 17.6. The van der Waals surface area contributed by atoms with Gasteiger partial charge in [0.15, 0.2) is 0 Å². The van der Waals surface area contributed by atoms with Crippen molar-refractivity contribution in [3.05, 3.63) is 0 Å². The van der Waals surface area contributed by atoms with E-state index in [2.05, 4.69) is 4.90 Å². The third kappa shape index (κ3) is 44.9. The Kier molecular flexibility index (Phi) is 48.0. The molecule has 2 N–H and O–H groups in total. The van der Waals surface area contributed by atoms with E-state index in [9.17, 15) is 9.59 Å². The standard InChI is InChI=1S/C30H60N2O11.2C2H6.H2/c1-28(2)30(34)5-11-36-17-23-42-26-20-39-14-8-32(9-15-40-21-27-43-24-18-37-12-6-31)7-13-38-19-25-41-22-16-35-10-4-29(3)33;2*1-2;/h28H,4-27,31H2,1-3H3;2*1-2H3;1H. The maximum Gasteiger partial charge on any atom is 0.137 e. The monoisotopic (exact) mass is 687 g/mol. The van der Waals surface area contributed by atoms with Crippen LogP contribution in [-0.4, -0.2) is 162 Å². The highest BCUT2D eigenvalue weighted by atomic mass is 16.6. The van der Waals surface area contributed by atoms with Crippen molar-refractivity contribution in [3.8, 4) is 0 Å². The summed E-state index contributed by atoms with van der Waals surface area (Å²) >= 11 is 0. The summed E-state index contributed by atoms with van der Waals surface area (Å²) < 4.78 is 49.7. The number of carbonyl (C=O) groups is 2. The second kappa shape index (κ2) is 44.9. The second-order valence-corrected chi connectivity index (χ2v) is 9.96. The highest BCUT2D eigenvalue weighted by molar-refractivity contribution is 5.80. The normalized spacial score (nSPS) is 10.9. The fourth-order valence-electron chi connectivity index (χ4n) is 3.30. The highest BCUT2D eigenvalue weighted by Crippen LogP contribution is 1.98. The van der Waals surface area contributed by atoms with Gasteiger partial charge in [0.05, 0.1) is 119 Å². The van der Waals surface area contributed by atoms with E-state index in [-0.39, 0.29) is 18.9 Å². The Hall–Kier alpha value is -1.10. The molecule has 0 aromatic carbocycles. The minimum atomic E-state index is 0. The minimum Gasteiger partial charge on any atom is -0.379 e. The lowest BCUT2D eigenvalue weighted by Crippen LogP contribution is -2.34. The number of hydrogen-bond acceptors (Lipinski definition) is 13. The predicted molar refractivity (Wildman–Crippen MR) is 187 cm³/mol. The molecule has 286 valence electrons. The Morgan fingerprint density at radius 1 is 0.489 bits per heavy atom. The first kappa shape index (κ1) is 50.3. The predicted octanol–water partition coefficient (Wildman–Crippen LogP) is 3.29. The van der Waals surface area contributed by atoms with Gasteiger partial charge >= 0.3 is 0 Å². The summed E-state index contributed by atoms with van der Waals surface area (Å²) in [5.74, 6) is 0.381. The number of ketones is 2. The average molecular weight is 687 g/mol. The number of ether oxygens (including phenoxy) is 9. The van der Waals surface area contributed by atoms with Crippen molar-refractivity contribution in [2.24, 2.45) is 11.7 Å². The Morgan fingerprint density at radius 3 is 1.06 bits per heavy atom. The molecule has 0 amide bonds. The van der Waals surface area contributed by atoms with Crippen LogP contribution < -0.4 is 5.73 Å². The lowest BCUT2D eigenvalue weighted by atomic mass is 10.1. The van der Waals surface area contributed by atoms with Gasteiger partial charge in [-0.2, -0.15) is 0 Å². The van der Waals surface area contributed by atoms with Crippen molar-refractivity contribution < 1.29 is 53.6 Å². The van der Waals surface area contributed by atoms with Crippen LogP contribution in [0.25, 0.3) is 0 Å². The van der Waals surface area contributed by atoms with Crippen molar-refractivity contribution in [1.82, 2.24) is 4.90 Å². The molecule has 0 spiro atoms. The molecule has 0 saturated carbocycles. The molecule has 0 aliphatic heterocycles. The number of hydrogen-bond donors (Lipinski definition) is 1. The molecule has 0 radical (unpaired) electrons. The van der Waals surface area contributed by atoms with Crippen molar-refractivity contribution >= 4 is 11.6 Å². The largest absolute Gasteiger partial charge is 0.379 e. The van der Waals surface area contributed by atoms with Crippen LogP contribution in [0.4, 0.5) is 0 Å². The Morgan fingerprint density at radius 2 is 0.766 bits per heavy atom. The van der Waals surface area contributed by atoms with Crippen molar-refractivity contribution in [2.45, 2.75) is 61.3 Å². The van der Waals surface area contributed by atoms with Crippen molar-refractivity contribution in [1.29, 1.82) is 0 Å². The van der Waals surface area contributed by atoms with Gasteiger partial charge in [-0.05, 0) is 6.92 Å². The number of rotatable bonds is 36. The average Bonchev–Trinajstić information content (AvgIpc) is 3.07. The maximum absolute atomic E-state index is 11.6. The number of nitrogens with two attached hydrogens (primary N) is 1. The van der Waals surface area contributed by atoms with Gasteiger partial charge in [-0.1, -0.05) is 41.5 Å². The summed E-state index contributed by atoms with van der Waals surface area (Å²) in [7, 11) is 0. The number of nitrogens with zero attached hydrogens (tertiary/aromatic N) is 1. The maximum atomic E-state index is 11.6. The van der Waals surface area contributed by atoms with Crippen LogP contribution >= 0.6 is 0 Å². The first-order chi connectivity index (χ1) is 23.0. The molecule has 0 aromatic heterocycles. The molecule has 0 unspecified atom stereocenters. The lowest BCUT2D eigenvalue weighted by molar-refractivity contribution is -0.123. The quantitative estimate of drug-likeness (QED) is 0.0963. The van der Waals surface area contributed by atoms with Crippen LogP contribution in [-0.2, 0) is 52.2 Å². The molecule has 0 saturated heterocycles. The van der Waals surface area contributed by atoms with Crippen LogP contribution in [0.2, 0.25) is 0 Å². The molecule has 0 atom stereocenters. The SMILES string of the molecule is CC.CC.CC(=O)CCOCCOCCOCCN(CCOCCOCCOCCN)CCOCCOCCOCCC(=O)C(C)C.[HH]. The Bertz CT molecular complexity index is 624. The zero-order valence-electron chi connectivity index (χ0n) is 31.1. The van der Waals surface area contributed by atoms with Crippen LogP contribution in [0.1, 0.15) is 62.7 Å². The summed E-state index contributed by atoms with van der Waals surface area (Å²) in [6.07, 6.45) is 0.876. The molecule has 0 aliphatic rings. The fourth-order valence-corrected chi connectivity index (χ4v) is 3.30. The van der Waals surface area contributed by atoms with E-state index >= 15 is 0 Å². The Balaban J connectivity index is -0.00000186. The number of Topliss-reactive ketones (excluding diaryl/α,β-unsaturated/α-hetero) is 2. The first-order valence-electron chi connectivity index (χ1n) is 17.6. The van der Waals surface area contributed by atoms with Gasteiger partial charge in [0.1, 0.15) is 11.6 Å². The lowest BCUT2D eigenvalue weighted by Gasteiger charge is -2.22. The van der Waals surface area contributed by atoms with Gasteiger partial charge in [-0.25, -0.2) is 0 Å². The summed E-state index contributed by atoms with van der Waals surface area (Å²) in [4.78, 5) is 24.7. The van der Waals surface area contributed by atoms with E-state index in [1.165, 1.54) is 0 Å². The smallest absolute Gasteiger partial charge is 0.137 e. The van der Waals surface area contributed by atoms with Crippen molar-refractivity contribution in [2.75, 3.05) is 145 Å². The van der Waals surface area contributed by atoms with Crippen LogP contribution in [0.3, 0.4) is 0 Å². The molecule has 13 nitrogen and oxygen atoms in total. The highest BCUT2D eigenvalue weighted by Gasteiger charge is 2.07. The second-order valence-electron chi connectivity index (χ2n) is 9.96. The van der Waals surface area contributed by atoms with Crippen molar-refractivity contribution in [3.63, 3.8) is 0 Å². The van der Waals surface area contributed by atoms with Gasteiger partial charge in [-0.3, -0.25) is 14.5 Å². The molecule has 0 heterocycles. The summed E-state index contributed by atoms with van der Waals surface area (Å²) in [5.41, 5.74) is 5.38. The minimum absolute atomic E-state index is 0. The third-order valence-electron chi connectivity index (χ3n) is 5.89. The molecule has 13 heteroatoms. The summed E-state index contributed by atoms with van der Waals surface area (Å²) in [6.45, 7) is 25.1. The zero-order chi connectivity index (χ0) is 35.6. The molecular formula is C34H74N2O11. The fraction of sp³-hybridized carbons (Fsp3) is 0.941. The van der Waals surface area contributed by atoms with Crippen LogP contribution in [0.15, 0.2) is 0 Å². The summed E-state index contributed by atoms with van der Waals surface area (Å²) in [6, 6.07) is 0. The van der Waals surface area contributed by atoms with E-state index in [1.54, 1.807) is 6.92 Å². The molecule has 47 heavy (non-hydrogen) atoms. The van der Waals surface area contributed by atoms with E-state index < -0.39 is 0 Å². The van der Waals surface area contributed by atoms with Crippen LogP contribution in [0, 0.1) is 5.92 Å². The molecule has 0 aromatic rings. The zero-order valence-corrected chi connectivity index (χ0v) is 31.1. The topological polar surface area (TPSA) is 146 Å². The van der Waals surface area contributed by atoms with E-state index in [0.717, 1.165) is 19.6 Å². The molecule has 0 fully saturated rings. The summed E-state index contributed by atoms with van der Waals surface area (Å²) in [5, 5.41) is 0. The van der Waals surface area contributed by atoms with Gasteiger partial charge in [-0.15, -0.1) is 0 Å². The molecule has 0 rings (SSSR count). The molecule has 0 aliphatic carbocycles. The molecular weight excluding hydrogens is 612 g/mol. The van der Waals surface area contributed by atoms with Gasteiger partial charge in [0.2, 0.25) is 0 Å². The molecule has 0 bridgehead atoms. The van der Waals surface area contributed by atoms with E-state index in [4.69, 9.17) is 48.4 Å². The van der Waals surface area contributed by atoms with Gasteiger partial charge < -0.3 is 48.4 Å².